The van der Waals surface area contributed by atoms with Gasteiger partial charge in [0.05, 0.1) is 29.7 Å². The second-order valence-electron chi connectivity index (χ2n) is 8.36. The van der Waals surface area contributed by atoms with E-state index in [-0.39, 0.29) is 48.7 Å². The number of nitrogens with one attached hydrogen (secondary N) is 1. The Morgan fingerprint density at radius 1 is 1.21 bits per heavy atom. The van der Waals surface area contributed by atoms with Crippen molar-refractivity contribution in [2.75, 3.05) is 49.6 Å². The number of aromatic nitrogens is 1. The molecule has 0 spiro atoms. The first-order chi connectivity index (χ1) is 16.3. The molecule has 4 rings (SSSR count). The molecule has 2 fully saturated rings. The molecule has 1 aromatic heterocycles. The van der Waals surface area contributed by atoms with E-state index in [1.54, 1.807) is 6.07 Å². The van der Waals surface area contributed by atoms with Crippen LogP contribution in [0.2, 0.25) is 0 Å². The van der Waals surface area contributed by atoms with E-state index in [2.05, 4.69) is 10.3 Å². The number of piperidine rings is 1. The van der Waals surface area contributed by atoms with Gasteiger partial charge in [-0.05, 0) is 38.0 Å². The third-order valence-corrected chi connectivity index (χ3v) is 7.94. The number of non-ortho nitro benzene ring substituents is 1. The van der Waals surface area contributed by atoms with E-state index in [1.165, 1.54) is 16.4 Å². The summed E-state index contributed by atoms with van der Waals surface area (Å²) in [5.41, 5.74) is 0.850. The Balaban J connectivity index is 1.61. The molecule has 1 N–H and O–H groups in total. The van der Waals surface area contributed by atoms with Crippen LogP contribution in [0.1, 0.15) is 18.5 Å². The Labute approximate surface area is 197 Å². The summed E-state index contributed by atoms with van der Waals surface area (Å²) in [5, 5.41) is 14.2. The molecule has 3 heterocycles. The summed E-state index contributed by atoms with van der Waals surface area (Å²) < 4.78 is 33.4. The minimum Gasteiger partial charge on any atom is -0.379 e. The molecule has 12 heteroatoms. The minimum absolute atomic E-state index is 0.120. The number of morpholine rings is 1. The number of anilines is 2. The van der Waals surface area contributed by atoms with Gasteiger partial charge in [-0.25, -0.2) is 13.4 Å². The topological polar surface area (TPSA) is 135 Å². The van der Waals surface area contributed by atoms with Crippen LogP contribution in [0.3, 0.4) is 0 Å². The first-order valence-corrected chi connectivity index (χ1v) is 12.6. The molecule has 0 aliphatic carbocycles. The van der Waals surface area contributed by atoms with E-state index in [4.69, 9.17) is 4.74 Å². The first kappa shape index (κ1) is 24.0. The highest BCUT2D eigenvalue weighted by Crippen LogP contribution is 2.34. The second-order valence-corrected chi connectivity index (χ2v) is 10.3. The zero-order valence-electron chi connectivity index (χ0n) is 18.8. The number of hydrogen-bond acceptors (Lipinski definition) is 8. The zero-order valence-corrected chi connectivity index (χ0v) is 19.7. The van der Waals surface area contributed by atoms with E-state index in [1.807, 2.05) is 24.0 Å². The van der Waals surface area contributed by atoms with Crippen LogP contribution in [0, 0.1) is 23.0 Å². The maximum atomic E-state index is 13.4. The fraction of sp³-hybridized carbons (Fsp3) is 0.455. The van der Waals surface area contributed by atoms with Gasteiger partial charge in [0.25, 0.3) is 5.69 Å². The summed E-state index contributed by atoms with van der Waals surface area (Å²) in [6.07, 6.45) is 1.32. The maximum absolute atomic E-state index is 13.4. The number of rotatable bonds is 6. The van der Waals surface area contributed by atoms with E-state index in [0.29, 0.717) is 37.4 Å². The third kappa shape index (κ3) is 5.18. The Hall–Kier alpha value is -3.09. The summed E-state index contributed by atoms with van der Waals surface area (Å²) in [6, 6.07) is 9.24. The number of nitrogens with zero attached hydrogens (tertiary/aromatic N) is 4. The molecule has 34 heavy (non-hydrogen) atoms. The highest BCUT2D eigenvalue weighted by molar-refractivity contribution is 7.89. The van der Waals surface area contributed by atoms with Crippen molar-refractivity contribution in [2.45, 2.75) is 24.7 Å². The summed E-state index contributed by atoms with van der Waals surface area (Å²) in [5.74, 6) is -0.111. The van der Waals surface area contributed by atoms with Crippen molar-refractivity contribution in [3.63, 3.8) is 0 Å². The summed E-state index contributed by atoms with van der Waals surface area (Å²) in [6.45, 7) is 3.56. The molecule has 1 atom stereocenters. The number of amides is 1. The molecule has 2 aliphatic rings. The smallest absolute Gasteiger partial charge is 0.270 e. The van der Waals surface area contributed by atoms with Gasteiger partial charge in [-0.15, -0.1) is 0 Å². The maximum Gasteiger partial charge on any atom is 0.270 e. The normalized spacial score (nSPS) is 19.6. The van der Waals surface area contributed by atoms with E-state index >= 15 is 0 Å². The Morgan fingerprint density at radius 3 is 2.68 bits per heavy atom. The number of nitro groups is 1. The molecular weight excluding hydrogens is 462 g/mol. The average molecular weight is 490 g/mol. The number of ether oxygens (including phenoxy) is 1. The Bertz CT molecular complexity index is 1180. The van der Waals surface area contributed by atoms with Gasteiger partial charge in [0.15, 0.2) is 0 Å². The lowest BCUT2D eigenvalue weighted by Gasteiger charge is -2.35. The number of sulfonamides is 1. The van der Waals surface area contributed by atoms with Gasteiger partial charge in [0, 0.05) is 44.0 Å². The SMILES string of the molecule is Cc1cccc(NC(=O)[C@@H]2CCCN(c3ccc([N+](=O)[O-])cc3S(=O)(=O)N3CCOCC3)C2)n1. The predicted molar refractivity (Wildman–Crippen MR) is 125 cm³/mol. The quantitative estimate of drug-likeness (QED) is 0.482. The van der Waals surface area contributed by atoms with Crippen LogP contribution in [0.4, 0.5) is 17.2 Å². The molecule has 182 valence electrons. The van der Waals surface area contributed by atoms with Crippen LogP contribution < -0.4 is 10.2 Å². The first-order valence-electron chi connectivity index (χ1n) is 11.1. The van der Waals surface area contributed by atoms with Crippen LogP contribution in [-0.4, -0.2) is 67.9 Å². The monoisotopic (exact) mass is 489 g/mol. The van der Waals surface area contributed by atoms with E-state index < -0.39 is 14.9 Å². The predicted octanol–water partition coefficient (Wildman–Crippen LogP) is 2.17. The van der Waals surface area contributed by atoms with Gasteiger partial charge in [0.2, 0.25) is 15.9 Å². The standard InChI is InChI=1S/C22H27N5O6S/c1-16-4-2-6-21(23-16)24-22(28)17-5-3-9-25(15-17)19-8-7-18(27(29)30)14-20(19)34(31,32)26-10-12-33-13-11-26/h2,4,6-8,14,17H,3,5,9-13,15H2,1H3,(H,23,24,28)/t17-/m1/s1. The van der Waals surface area contributed by atoms with Gasteiger partial charge in [-0.3, -0.25) is 14.9 Å². The van der Waals surface area contributed by atoms with Gasteiger partial charge in [-0.2, -0.15) is 4.31 Å². The van der Waals surface area contributed by atoms with Gasteiger partial charge in [0.1, 0.15) is 10.7 Å². The van der Waals surface area contributed by atoms with Crippen molar-refractivity contribution in [3.05, 3.63) is 52.2 Å². The highest BCUT2D eigenvalue weighted by Gasteiger charge is 2.34. The van der Waals surface area contributed by atoms with Gasteiger partial charge < -0.3 is 15.0 Å². The van der Waals surface area contributed by atoms with Crippen LogP contribution >= 0.6 is 0 Å². The number of nitro benzene ring substituents is 1. The lowest BCUT2D eigenvalue weighted by Crippen LogP contribution is -2.43. The average Bonchev–Trinajstić information content (AvgIpc) is 2.84. The van der Waals surface area contributed by atoms with Crippen molar-refractivity contribution >= 4 is 33.1 Å². The fourth-order valence-electron chi connectivity index (χ4n) is 4.26. The van der Waals surface area contributed by atoms with Crippen molar-refractivity contribution in [2.24, 2.45) is 5.92 Å². The van der Waals surface area contributed by atoms with Crippen molar-refractivity contribution in [3.8, 4) is 0 Å². The molecule has 0 radical (unpaired) electrons. The second kappa shape index (κ2) is 10.0. The summed E-state index contributed by atoms with van der Waals surface area (Å²) in [4.78, 5) is 29.7. The van der Waals surface area contributed by atoms with Crippen LogP contribution in [0.15, 0.2) is 41.3 Å². The third-order valence-electron chi connectivity index (χ3n) is 6.01. The Morgan fingerprint density at radius 2 is 1.97 bits per heavy atom. The minimum atomic E-state index is -3.99. The van der Waals surface area contributed by atoms with Crippen LogP contribution in [-0.2, 0) is 19.6 Å². The molecule has 1 aromatic carbocycles. The largest absolute Gasteiger partial charge is 0.379 e. The van der Waals surface area contributed by atoms with Gasteiger partial charge >= 0.3 is 0 Å². The zero-order chi connectivity index (χ0) is 24.3. The van der Waals surface area contributed by atoms with Crippen molar-refractivity contribution in [1.82, 2.24) is 9.29 Å². The lowest BCUT2D eigenvalue weighted by molar-refractivity contribution is -0.385. The molecular formula is C22H27N5O6S. The van der Waals surface area contributed by atoms with Crippen LogP contribution in [0.5, 0.6) is 0 Å². The van der Waals surface area contributed by atoms with E-state index in [9.17, 15) is 23.3 Å². The number of benzene rings is 1. The number of pyridine rings is 1. The molecule has 0 bridgehead atoms. The molecule has 2 aromatic rings. The molecule has 1 amide bonds. The van der Waals surface area contributed by atoms with Gasteiger partial charge in [-0.1, -0.05) is 6.07 Å². The summed E-state index contributed by atoms with van der Waals surface area (Å²) in [7, 11) is -3.99. The van der Waals surface area contributed by atoms with Crippen LogP contribution in [0.25, 0.3) is 0 Å². The number of carbonyl (C=O) groups excluding carboxylic acids is 1. The Kier molecular flexibility index (Phi) is 7.10. The number of hydrogen-bond donors (Lipinski definition) is 1. The fourth-order valence-corrected chi connectivity index (χ4v) is 5.90. The molecule has 0 unspecified atom stereocenters. The molecule has 0 saturated carbocycles. The van der Waals surface area contributed by atoms with E-state index in [0.717, 1.165) is 11.8 Å². The van der Waals surface area contributed by atoms with Crippen molar-refractivity contribution in [1.29, 1.82) is 0 Å². The molecule has 2 aliphatic heterocycles. The number of aryl methyl sites for hydroxylation is 1. The highest BCUT2D eigenvalue weighted by atomic mass is 32.2. The lowest BCUT2D eigenvalue weighted by atomic mass is 9.96. The number of carbonyl (C=O) groups is 1. The molecule has 11 nitrogen and oxygen atoms in total. The summed E-state index contributed by atoms with van der Waals surface area (Å²) >= 11 is 0. The molecule has 2 saturated heterocycles. The van der Waals surface area contributed by atoms with Crippen molar-refractivity contribution < 1.29 is 22.9 Å².